The molecule has 2 aromatic carbocycles. The predicted molar refractivity (Wildman–Crippen MR) is 121 cm³/mol. The SMILES string of the molecule is CC(=O)Nc1ccc(NC(=O)[C@H](NC(=O)c2ccc(C(C)(C)C)cc2)C(C)C)cc1. The number of rotatable bonds is 6. The van der Waals surface area contributed by atoms with Crippen molar-refractivity contribution >= 4 is 29.1 Å². The third kappa shape index (κ3) is 6.44. The molecule has 0 aromatic heterocycles. The summed E-state index contributed by atoms with van der Waals surface area (Å²) in [5.74, 6) is -0.839. The summed E-state index contributed by atoms with van der Waals surface area (Å²) in [7, 11) is 0. The minimum Gasteiger partial charge on any atom is -0.340 e. The van der Waals surface area contributed by atoms with Crippen LogP contribution in [0.2, 0.25) is 0 Å². The second-order valence-electron chi connectivity index (χ2n) is 8.77. The van der Waals surface area contributed by atoms with Crippen LogP contribution in [0, 0.1) is 5.92 Å². The molecule has 0 aliphatic rings. The number of carbonyl (C=O) groups is 3. The third-order valence-electron chi connectivity index (χ3n) is 4.72. The minimum absolute atomic E-state index is 0.00481. The Bertz CT molecular complexity index is 895. The van der Waals surface area contributed by atoms with Crippen molar-refractivity contribution in [3.8, 4) is 0 Å². The maximum atomic E-state index is 12.8. The van der Waals surface area contributed by atoms with E-state index in [9.17, 15) is 14.4 Å². The van der Waals surface area contributed by atoms with Gasteiger partial charge in [-0.25, -0.2) is 0 Å². The lowest BCUT2D eigenvalue weighted by Gasteiger charge is -2.22. The Kier molecular flexibility index (Phi) is 7.38. The van der Waals surface area contributed by atoms with Crippen LogP contribution in [0.3, 0.4) is 0 Å². The van der Waals surface area contributed by atoms with Crippen molar-refractivity contribution in [2.75, 3.05) is 10.6 Å². The van der Waals surface area contributed by atoms with Crippen LogP contribution in [0.15, 0.2) is 48.5 Å². The van der Waals surface area contributed by atoms with Gasteiger partial charge >= 0.3 is 0 Å². The molecule has 0 radical (unpaired) electrons. The van der Waals surface area contributed by atoms with E-state index in [0.717, 1.165) is 5.56 Å². The molecule has 6 heteroatoms. The molecule has 3 N–H and O–H groups in total. The van der Waals surface area contributed by atoms with Gasteiger partial charge in [0.2, 0.25) is 11.8 Å². The number of benzene rings is 2. The molecule has 2 aromatic rings. The van der Waals surface area contributed by atoms with Crippen LogP contribution in [-0.4, -0.2) is 23.8 Å². The van der Waals surface area contributed by atoms with Gasteiger partial charge in [0, 0.05) is 23.9 Å². The van der Waals surface area contributed by atoms with Gasteiger partial charge in [-0.1, -0.05) is 46.8 Å². The van der Waals surface area contributed by atoms with E-state index < -0.39 is 6.04 Å². The Morgan fingerprint density at radius 3 is 1.73 bits per heavy atom. The van der Waals surface area contributed by atoms with Crippen molar-refractivity contribution in [2.45, 2.75) is 53.0 Å². The standard InChI is InChI=1S/C24H31N3O3/c1-15(2)21(23(30)26-20-13-11-19(12-14-20)25-16(3)28)27-22(29)17-7-9-18(10-8-17)24(4,5)6/h7-15,21H,1-6H3,(H,25,28)(H,26,30)(H,27,29)/t21-/m1/s1. The zero-order valence-electron chi connectivity index (χ0n) is 18.5. The summed E-state index contributed by atoms with van der Waals surface area (Å²) >= 11 is 0. The van der Waals surface area contributed by atoms with Crippen LogP contribution in [0.1, 0.15) is 57.5 Å². The van der Waals surface area contributed by atoms with Crippen molar-refractivity contribution in [3.63, 3.8) is 0 Å². The molecule has 0 saturated heterocycles. The zero-order valence-corrected chi connectivity index (χ0v) is 18.5. The summed E-state index contributed by atoms with van der Waals surface area (Å²) in [4.78, 5) is 36.6. The monoisotopic (exact) mass is 409 g/mol. The summed E-state index contributed by atoms with van der Waals surface area (Å²) in [6.07, 6.45) is 0. The fourth-order valence-corrected chi connectivity index (χ4v) is 2.94. The molecule has 0 fully saturated rings. The summed E-state index contributed by atoms with van der Waals surface area (Å²) in [6.45, 7) is 11.5. The second kappa shape index (κ2) is 9.57. The third-order valence-corrected chi connectivity index (χ3v) is 4.72. The van der Waals surface area contributed by atoms with E-state index in [-0.39, 0.29) is 29.1 Å². The van der Waals surface area contributed by atoms with E-state index in [1.807, 2.05) is 26.0 Å². The normalized spacial score (nSPS) is 12.2. The predicted octanol–water partition coefficient (Wildman–Crippen LogP) is 4.34. The second-order valence-corrected chi connectivity index (χ2v) is 8.77. The number of anilines is 2. The van der Waals surface area contributed by atoms with Crippen molar-refractivity contribution in [2.24, 2.45) is 5.92 Å². The Labute approximate surface area is 178 Å². The van der Waals surface area contributed by atoms with Crippen molar-refractivity contribution in [1.82, 2.24) is 5.32 Å². The molecule has 1 atom stereocenters. The molecule has 0 bridgehead atoms. The van der Waals surface area contributed by atoms with E-state index in [1.54, 1.807) is 36.4 Å². The lowest BCUT2D eigenvalue weighted by atomic mass is 9.86. The summed E-state index contributed by atoms with van der Waals surface area (Å²) in [6, 6.07) is 13.6. The van der Waals surface area contributed by atoms with Crippen LogP contribution >= 0.6 is 0 Å². The minimum atomic E-state index is -0.685. The van der Waals surface area contributed by atoms with E-state index >= 15 is 0 Å². The van der Waals surface area contributed by atoms with E-state index in [2.05, 4.69) is 36.7 Å². The van der Waals surface area contributed by atoms with Crippen molar-refractivity contribution in [3.05, 3.63) is 59.7 Å². The zero-order chi connectivity index (χ0) is 22.5. The molecule has 2 rings (SSSR count). The fraction of sp³-hybridized carbons (Fsp3) is 0.375. The molecule has 0 heterocycles. The summed E-state index contributed by atoms with van der Waals surface area (Å²) in [5.41, 5.74) is 2.89. The van der Waals surface area contributed by atoms with Gasteiger partial charge in [0.1, 0.15) is 6.04 Å². The van der Waals surface area contributed by atoms with Crippen molar-refractivity contribution in [1.29, 1.82) is 0 Å². The first-order valence-corrected chi connectivity index (χ1v) is 10.1. The van der Waals surface area contributed by atoms with Gasteiger partial charge in [-0.05, 0) is 53.3 Å². The molecule has 3 amide bonds. The molecule has 0 unspecified atom stereocenters. The molecular formula is C24H31N3O3. The Morgan fingerprint density at radius 2 is 1.30 bits per heavy atom. The van der Waals surface area contributed by atoms with E-state index in [1.165, 1.54) is 6.92 Å². The topological polar surface area (TPSA) is 87.3 Å². The first-order valence-electron chi connectivity index (χ1n) is 10.1. The summed E-state index contributed by atoms with van der Waals surface area (Å²) < 4.78 is 0. The van der Waals surface area contributed by atoms with Crippen LogP contribution in [0.4, 0.5) is 11.4 Å². The molecular weight excluding hydrogens is 378 g/mol. The molecule has 0 aliphatic carbocycles. The van der Waals surface area contributed by atoms with Crippen LogP contribution in [0.5, 0.6) is 0 Å². The number of carbonyl (C=O) groups excluding carboxylic acids is 3. The molecule has 160 valence electrons. The quantitative estimate of drug-likeness (QED) is 0.663. The van der Waals surface area contributed by atoms with Crippen molar-refractivity contribution < 1.29 is 14.4 Å². The maximum absolute atomic E-state index is 12.8. The first kappa shape index (κ1) is 23.1. The summed E-state index contributed by atoms with van der Waals surface area (Å²) in [5, 5.41) is 8.34. The van der Waals surface area contributed by atoms with Gasteiger partial charge in [-0.3, -0.25) is 14.4 Å². The highest BCUT2D eigenvalue weighted by atomic mass is 16.2. The van der Waals surface area contributed by atoms with Gasteiger partial charge in [0.15, 0.2) is 0 Å². The highest BCUT2D eigenvalue weighted by Gasteiger charge is 2.25. The fourth-order valence-electron chi connectivity index (χ4n) is 2.94. The molecule has 30 heavy (non-hydrogen) atoms. The lowest BCUT2D eigenvalue weighted by molar-refractivity contribution is -0.119. The number of nitrogens with one attached hydrogen (secondary N) is 3. The van der Waals surface area contributed by atoms with Gasteiger partial charge in [0.25, 0.3) is 5.91 Å². The van der Waals surface area contributed by atoms with E-state index in [0.29, 0.717) is 16.9 Å². The smallest absolute Gasteiger partial charge is 0.251 e. The molecule has 0 saturated carbocycles. The molecule has 0 spiro atoms. The number of hydrogen-bond donors (Lipinski definition) is 3. The van der Waals surface area contributed by atoms with Gasteiger partial charge in [0.05, 0.1) is 0 Å². The molecule has 0 aliphatic heterocycles. The lowest BCUT2D eigenvalue weighted by Crippen LogP contribution is -2.47. The Balaban J connectivity index is 2.06. The Morgan fingerprint density at radius 1 is 0.800 bits per heavy atom. The average molecular weight is 410 g/mol. The van der Waals surface area contributed by atoms with Crippen LogP contribution in [-0.2, 0) is 15.0 Å². The average Bonchev–Trinajstić information content (AvgIpc) is 2.66. The van der Waals surface area contributed by atoms with Gasteiger partial charge in [-0.2, -0.15) is 0 Å². The van der Waals surface area contributed by atoms with Crippen LogP contribution in [0.25, 0.3) is 0 Å². The maximum Gasteiger partial charge on any atom is 0.251 e. The van der Waals surface area contributed by atoms with E-state index in [4.69, 9.17) is 0 Å². The number of hydrogen-bond acceptors (Lipinski definition) is 3. The van der Waals surface area contributed by atoms with Gasteiger partial charge in [-0.15, -0.1) is 0 Å². The Hall–Kier alpha value is -3.15. The molecule has 6 nitrogen and oxygen atoms in total. The highest BCUT2D eigenvalue weighted by Crippen LogP contribution is 2.22. The first-order chi connectivity index (χ1) is 14.0. The number of amides is 3. The highest BCUT2D eigenvalue weighted by molar-refractivity contribution is 6.01. The largest absolute Gasteiger partial charge is 0.340 e. The van der Waals surface area contributed by atoms with Crippen LogP contribution < -0.4 is 16.0 Å². The van der Waals surface area contributed by atoms with Gasteiger partial charge < -0.3 is 16.0 Å².